The highest BCUT2D eigenvalue weighted by molar-refractivity contribution is 7.89. The summed E-state index contributed by atoms with van der Waals surface area (Å²) in [5.74, 6) is 0. The van der Waals surface area contributed by atoms with Crippen molar-refractivity contribution in [2.75, 3.05) is 26.4 Å². The quantitative estimate of drug-likeness (QED) is 0.684. The second kappa shape index (κ2) is 8.83. The van der Waals surface area contributed by atoms with Crippen molar-refractivity contribution >= 4 is 33.2 Å². The number of benzene rings is 1. The summed E-state index contributed by atoms with van der Waals surface area (Å²) >= 11 is 12.3. The second-order valence-electron chi connectivity index (χ2n) is 5.90. The molecule has 1 aliphatic rings. The molecule has 5 nitrogen and oxygen atoms in total. The van der Waals surface area contributed by atoms with Crippen molar-refractivity contribution in [2.24, 2.45) is 0 Å². The molecule has 1 atom stereocenters. The first kappa shape index (κ1) is 19.9. The molecule has 0 aromatic heterocycles. The lowest BCUT2D eigenvalue weighted by molar-refractivity contribution is 0.0169. The number of rotatable bonds is 8. The summed E-state index contributed by atoms with van der Waals surface area (Å²) in [7, 11) is -3.72. The van der Waals surface area contributed by atoms with Gasteiger partial charge in [0.15, 0.2) is 0 Å². The molecular weight excluding hydrogens is 373 g/mol. The predicted octanol–water partition coefficient (Wildman–Crippen LogP) is 3.47. The molecule has 1 N–H and O–H groups in total. The zero-order chi connectivity index (χ0) is 17.7. The Balaban J connectivity index is 1.85. The summed E-state index contributed by atoms with van der Waals surface area (Å²) in [6.07, 6.45) is 2.85. The molecule has 0 amide bonds. The van der Waals surface area contributed by atoms with Gasteiger partial charge in [0.05, 0.1) is 17.7 Å². The molecule has 8 heteroatoms. The van der Waals surface area contributed by atoms with Crippen LogP contribution in [0.2, 0.25) is 10.0 Å². The van der Waals surface area contributed by atoms with Gasteiger partial charge in [-0.3, -0.25) is 0 Å². The minimum Gasteiger partial charge on any atom is -0.379 e. The van der Waals surface area contributed by atoms with Gasteiger partial charge in [-0.2, -0.15) is 0 Å². The lowest BCUT2D eigenvalue weighted by Crippen LogP contribution is -2.27. The summed E-state index contributed by atoms with van der Waals surface area (Å²) < 4.78 is 38.5. The monoisotopic (exact) mass is 395 g/mol. The van der Waals surface area contributed by atoms with E-state index >= 15 is 0 Å². The van der Waals surface area contributed by atoms with Crippen LogP contribution in [0.15, 0.2) is 11.0 Å². The van der Waals surface area contributed by atoms with E-state index in [4.69, 9.17) is 32.7 Å². The van der Waals surface area contributed by atoms with Crippen molar-refractivity contribution < 1.29 is 17.9 Å². The normalized spacial score (nSPS) is 18.2. The molecule has 136 valence electrons. The molecule has 1 saturated heterocycles. The van der Waals surface area contributed by atoms with Gasteiger partial charge in [0.1, 0.15) is 4.90 Å². The van der Waals surface area contributed by atoms with E-state index in [2.05, 4.69) is 4.72 Å². The maximum atomic E-state index is 12.5. The summed E-state index contributed by atoms with van der Waals surface area (Å²) in [4.78, 5) is 0.0504. The highest BCUT2D eigenvalue weighted by atomic mass is 35.5. The van der Waals surface area contributed by atoms with Crippen molar-refractivity contribution in [2.45, 2.75) is 44.1 Å². The fraction of sp³-hybridized carbons (Fsp3) is 0.625. The molecule has 0 radical (unpaired) electrons. The largest absolute Gasteiger partial charge is 0.379 e. The Hall–Kier alpha value is -0.370. The minimum absolute atomic E-state index is 0.0504. The first-order chi connectivity index (χ1) is 11.3. The van der Waals surface area contributed by atoms with E-state index in [1.165, 1.54) is 0 Å². The van der Waals surface area contributed by atoms with Crippen molar-refractivity contribution in [3.05, 3.63) is 27.2 Å². The standard InChI is InChI=1S/C16H23Cl2NO4S/c1-11-9-14(17)12(2)16(15(11)18)24(20,21)19-6-4-7-22-10-13-5-3-8-23-13/h9,13,19H,3-8,10H2,1-2H3. The fourth-order valence-electron chi connectivity index (χ4n) is 2.58. The molecule has 1 unspecified atom stereocenters. The molecule has 1 aromatic carbocycles. The molecule has 24 heavy (non-hydrogen) atoms. The molecule has 0 saturated carbocycles. The van der Waals surface area contributed by atoms with Crippen LogP contribution in [0.25, 0.3) is 0 Å². The summed E-state index contributed by atoms with van der Waals surface area (Å²) in [6, 6.07) is 1.66. The Labute approximate surface area is 153 Å². The minimum atomic E-state index is -3.72. The van der Waals surface area contributed by atoms with Gasteiger partial charge >= 0.3 is 0 Å². The summed E-state index contributed by atoms with van der Waals surface area (Å²) in [6.45, 7) is 5.48. The average molecular weight is 396 g/mol. The van der Waals surface area contributed by atoms with Crippen LogP contribution in [-0.2, 0) is 19.5 Å². The van der Waals surface area contributed by atoms with E-state index in [0.29, 0.717) is 35.8 Å². The Morgan fingerprint density at radius 3 is 2.79 bits per heavy atom. The van der Waals surface area contributed by atoms with Crippen molar-refractivity contribution in [3.8, 4) is 0 Å². The molecule has 0 bridgehead atoms. The zero-order valence-corrected chi connectivity index (χ0v) is 16.2. The van der Waals surface area contributed by atoms with Gasteiger partial charge in [0.25, 0.3) is 0 Å². The smallest absolute Gasteiger partial charge is 0.242 e. The van der Waals surface area contributed by atoms with Crippen LogP contribution in [-0.4, -0.2) is 40.9 Å². The van der Waals surface area contributed by atoms with Crippen LogP contribution < -0.4 is 4.72 Å². The molecule has 1 fully saturated rings. The number of nitrogens with one attached hydrogen (secondary N) is 1. The lowest BCUT2D eigenvalue weighted by atomic mass is 10.2. The third kappa shape index (κ3) is 5.07. The third-order valence-corrected chi connectivity index (χ3v) is 6.57. The van der Waals surface area contributed by atoms with Crippen LogP contribution in [0.1, 0.15) is 30.4 Å². The van der Waals surface area contributed by atoms with Gasteiger partial charge in [0, 0.05) is 24.8 Å². The number of sulfonamides is 1. The van der Waals surface area contributed by atoms with Gasteiger partial charge in [-0.1, -0.05) is 23.2 Å². The number of ether oxygens (including phenoxy) is 2. The van der Waals surface area contributed by atoms with E-state index in [0.717, 1.165) is 19.4 Å². The first-order valence-electron chi connectivity index (χ1n) is 7.97. The zero-order valence-electron chi connectivity index (χ0n) is 13.9. The highest BCUT2D eigenvalue weighted by Crippen LogP contribution is 2.33. The molecule has 1 aromatic rings. The molecule has 0 aliphatic carbocycles. The van der Waals surface area contributed by atoms with E-state index in [1.807, 2.05) is 0 Å². The number of halogens is 2. The maximum absolute atomic E-state index is 12.5. The van der Waals surface area contributed by atoms with Gasteiger partial charge in [0.2, 0.25) is 10.0 Å². The topological polar surface area (TPSA) is 64.6 Å². The summed E-state index contributed by atoms with van der Waals surface area (Å²) in [5.41, 5.74) is 1.09. The number of hydrogen-bond donors (Lipinski definition) is 1. The Morgan fingerprint density at radius 1 is 1.38 bits per heavy atom. The van der Waals surface area contributed by atoms with E-state index < -0.39 is 10.0 Å². The van der Waals surface area contributed by atoms with Gasteiger partial charge in [-0.15, -0.1) is 0 Å². The summed E-state index contributed by atoms with van der Waals surface area (Å²) in [5, 5.41) is 0.594. The molecule has 1 heterocycles. The number of aryl methyl sites for hydroxylation is 1. The first-order valence-corrected chi connectivity index (χ1v) is 10.2. The van der Waals surface area contributed by atoms with Crippen LogP contribution in [0.3, 0.4) is 0 Å². The third-order valence-electron chi connectivity index (χ3n) is 3.94. The fourth-order valence-corrected chi connectivity index (χ4v) is 4.86. The maximum Gasteiger partial charge on any atom is 0.242 e. The highest BCUT2D eigenvalue weighted by Gasteiger charge is 2.23. The van der Waals surface area contributed by atoms with Gasteiger partial charge < -0.3 is 9.47 Å². The molecule has 2 rings (SSSR count). The number of hydrogen-bond acceptors (Lipinski definition) is 4. The van der Waals surface area contributed by atoms with Crippen LogP contribution >= 0.6 is 23.2 Å². The Kier molecular flexibility index (Phi) is 7.34. The van der Waals surface area contributed by atoms with Crippen molar-refractivity contribution in [1.29, 1.82) is 0 Å². The predicted molar refractivity (Wildman–Crippen MR) is 95.5 cm³/mol. The van der Waals surface area contributed by atoms with E-state index in [9.17, 15) is 8.42 Å². The average Bonchev–Trinajstić information content (AvgIpc) is 3.02. The van der Waals surface area contributed by atoms with Crippen LogP contribution in [0.4, 0.5) is 0 Å². The van der Waals surface area contributed by atoms with Gasteiger partial charge in [-0.25, -0.2) is 13.1 Å². The van der Waals surface area contributed by atoms with E-state index in [-0.39, 0.29) is 22.6 Å². The lowest BCUT2D eigenvalue weighted by Gasteiger charge is -2.14. The molecule has 1 aliphatic heterocycles. The molecular formula is C16H23Cl2NO4S. The van der Waals surface area contributed by atoms with E-state index in [1.54, 1.807) is 19.9 Å². The van der Waals surface area contributed by atoms with Crippen LogP contribution in [0, 0.1) is 13.8 Å². The second-order valence-corrected chi connectivity index (χ2v) is 8.39. The van der Waals surface area contributed by atoms with Crippen molar-refractivity contribution in [1.82, 2.24) is 4.72 Å². The SMILES string of the molecule is Cc1cc(Cl)c(C)c(S(=O)(=O)NCCCOCC2CCCO2)c1Cl. The Morgan fingerprint density at radius 2 is 2.12 bits per heavy atom. The Bertz CT molecular complexity index is 647. The van der Waals surface area contributed by atoms with Crippen molar-refractivity contribution in [3.63, 3.8) is 0 Å². The molecule has 0 spiro atoms. The van der Waals surface area contributed by atoms with Gasteiger partial charge in [-0.05, 0) is 50.3 Å². The van der Waals surface area contributed by atoms with Crippen LogP contribution in [0.5, 0.6) is 0 Å².